The minimum atomic E-state index is -4.14. The second-order valence-corrected chi connectivity index (χ2v) is 3.31. The third-order valence-electron chi connectivity index (χ3n) is 1.89. The van der Waals surface area contributed by atoms with Gasteiger partial charge in [-0.2, -0.15) is 8.78 Å². The van der Waals surface area contributed by atoms with Gasteiger partial charge in [-0.1, -0.05) is 12.1 Å². The molecule has 0 saturated carbocycles. The molecule has 0 aliphatic rings. The van der Waals surface area contributed by atoms with Crippen molar-refractivity contribution in [2.24, 2.45) is 4.99 Å². The summed E-state index contributed by atoms with van der Waals surface area (Å²) in [6.45, 7) is -1.35. The number of rotatable bonds is 5. The molecule has 0 radical (unpaired) electrons. The summed E-state index contributed by atoms with van der Waals surface area (Å²) in [5.41, 5.74) is 0.644. The smallest absolute Gasteiger partial charge is 0.340 e. The molecule has 1 aromatic rings. The third kappa shape index (κ3) is 4.05. The molecule has 0 heterocycles. The fourth-order valence-corrected chi connectivity index (χ4v) is 1.08. The summed E-state index contributed by atoms with van der Waals surface area (Å²) in [7, 11) is 1.55. The predicted molar refractivity (Wildman–Crippen MR) is 56.4 cm³/mol. The molecule has 0 aromatic heterocycles. The zero-order valence-corrected chi connectivity index (χ0v) is 9.04. The third-order valence-corrected chi connectivity index (χ3v) is 1.89. The Bertz CT molecular complexity index is 393. The lowest BCUT2D eigenvalue weighted by molar-refractivity contribution is -0.148. The molecule has 0 spiro atoms. The van der Waals surface area contributed by atoms with E-state index in [0.29, 0.717) is 5.56 Å². The largest absolute Gasteiger partial charge is 0.487 e. The Morgan fingerprint density at radius 3 is 2.71 bits per heavy atom. The molecular formula is C11H11F4NO. The van der Waals surface area contributed by atoms with Gasteiger partial charge in [0, 0.05) is 13.3 Å². The molecule has 0 aliphatic heterocycles. The van der Waals surface area contributed by atoms with Gasteiger partial charge < -0.3 is 4.74 Å². The number of halogens is 4. The molecule has 94 valence electrons. The lowest BCUT2D eigenvalue weighted by Gasteiger charge is -2.16. The van der Waals surface area contributed by atoms with E-state index in [1.807, 2.05) is 0 Å². The average Bonchev–Trinajstić information content (AvgIpc) is 2.27. The summed E-state index contributed by atoms with van der Waals surface area (Å²) in [5, 5.41) is 0. The number of aliphatic imine (C=N–C) groups is 1. The molecule has 0 unspecified atom stereocenters. The molecule has 2 nitrogen and oxygen atoms in total. The van der Waals surface area contributed by atoms with Gasteiger partial charge in [0.15, 0.2) is 6.61 Å². The van der Waals surface area contributed by atoms with Crippen LogP contribution in [-0.2, 0) is 0 Å². The highest BCUT2D eigenvalue weighted by Gasteiger charge is 2.41. The van der Waals surface area contributed by atoms with E-state index < -0.39 is 19.0 Å². The number of alkyl halides is 4. The van der Waals surface area contributed by atoms with Crippen molar-refractivity contribution in [1.29, 1.82) is 0 Å². The number of benzene rings is 1. The van der Waals surface area contributed by atoms with E-state index in [0.717, 1.165) is 0 Å². The van der Waals surface area contributed by atoms with Crippen LogP contribution in [0.1, 0.15) is 5.56 Å². The molecule has 6 heteroatoms. The van der Waals surface area contributed by atoms with Crippen molar-refractivity contribution in [2.45, 2.75) is 12.3 Å². The first-order valence-corrected chi connectivity index (χ1v) is 4.76. The molecule has 1 rings (SSSR count). The quantitative estimate of drug-likeness (QED) is 0.580. The molecule has 0 bridgehead atoms. The highest BCUT2D eigenvalue weighted by Crippen LogP contribution is 2.24. The van der Waals surface area contributed by atoms with Gasteiger partial charge in [-0.3, -0.25) is 4.99 Å². The molecule has 17 heavy (non-hydrogen) atoms. The fourth-order valence-electron chi connectivity index (χ4n) is 1.08. The molecule has 0 amide bonds. The van der Waals surface area contributed by atoms with Crippen LogP contribution in [0.25, 0.3) is 0 Å². The summed E-state index contributed by atoms with van der Waals surface area (Å²) in [4.78, 5) is 3.74. The number of hydrogen-bond donors (Lipinski definition) is 0. The zero-order valence-electron chi connectivity index (χ0n) is 9.04. The van der Waals surface area contributed by atoms with Crippen LogP contribution in [0.2, 0.25) is 0 Å². The first-order valence-electron chi connectivity index (χ1n) is 4.76. The maximum absolute atomic E-state index is 12.6. The number of ether oxygens (including phenoxy) is 1. The van der Waals surface area contributed by atoms with Crippen molar-refractivity contribution in [3.63, 3.8) is 0 Å². The first-order chi connectivity index (χ1) is 7.95. The summed E-state index contributed by atoms with van der Waals surface area (Å²) in [6.07, 6.45) is -2.24. The molecular weight excluding hydrogens is 238 g/mol. The maximum atomic E-state index is 12.6. The van der Waals surface area contributed by atoms with E-state index in [1.165, 1.54) is 18.3 Å². The van der Waals surface area contributed by atoms with Gasteiger partial charge in [-0.15, -0.1) is 0 Å². The predicted octanol–water partition coefficient (Wildman–Crippen LogP) is 3.01. The van der Waals surface area contributed by atoms with E-state index in [4.69, 9.17) is 0 Å². The first kappa shape index (κ1) is 13.5. The fraction of sp³-hybridized carbons (Fsp3) is 0.364. The van der Waals surface area contributed by atoms with Gasteiger partial charge in [-0.25, -0.2) is 8.78 Å². The Kier molecular flexibility index (Phi) is 4.48. The molecule has 1 aromatic carbocycles. The standard InChI is InChI=1S/C11H11F4NO/c1-16-6-8-3-2-4-9(5-8)17-7-11(14,15)10(12)13/h2-6,10H,7H2,1H3. The SMILES string of the molecule is CN=Cc1cccc(OCC(F)(F)C(F)F)c1. The Hall–Kier alpha value is -1.59. The second kappa shape index (κ2) is 5.65. The van der Waals surface area contributed by atoms with Gasteiger partial charge >= 0.3 is 12.3 Å². The highest BCUT2D eigenvalue weighted by atomic mass is 19.3. The van der Waals surface area contributed by atoms with Crippen LogP contribution in [0, 0.1) is 0 Å². The van der Waals surface area contributed by atoms with E-state index in [-0.39, 0.29) is 5.75 Å². The van der Waals surface area contributed by atoms with Crippen molar-refractivity contribution in [2.75, 3.05) is 13.7 Å². The lowest BCUT2D eigenvalue weighted by Crippen LogP contribution is -2.33. The second-order valence-electron chi connectivity index (χ2n) is 3.31. The molecule has 0 N–H and O–H groups in total. The topological polar surface area (TPSA) is 21.6 Å². The van der Waals surface area contributed by atoms with Crippen LogP contribution < -0.4 is 4.74 Å². The summed E-state index contributed by atoms with van der Waals surface area (Å²) in [6, 6.07) is 6.10. The van der Waals surface area contributed by atoms with Crippen LogP contribution in [0.4, 0.5) is 17.6 Å². The van der Waals surface area contributed by atoms with Crippen molar-refractivity contribution in [3.8, 4) is 5.75 Å². The van der Waals surface area contributed by atoms with Crippen LogP contribution in [0.5, 0.6) is 5.75 Å². The lowest BCUT2D eigenvalue weighted by atomic mass is 10.2. The Labute approximate surface area is 95.9 Å². The van der Waals surface area contributed by atoms with Crippen LogP contribution in [-0.4, -0.2) is 32.2 Å². The van der Waals surface area contributed by atoms with E-state index >= 15 is 0 Å². The maximum Gasteiger partial charge on any atom is 0.340 e. The molecule has 0 atom stereocenters. The minimum absolute atomic E-state index is 0.0997. The van der Waals surface area contributed by atoms with Gasteiger partial charge in [0.2, 0.25) is 0 Å². The molecule has 0 saturated heterocycles. The Morgan fingerprint density at radius 1 is 1.41 bits per heavy atom. The van der Waals surface area contributed by atoms with Crippen molar-refractivity contribution in [3.05, 3.63) is 29.8 Å². The Morgan fingerprint density at radius 2 is 2.12 bits per heavy atom. The zero-order chi connectivity index (χ0) is 12.9. The molecule has 0 fully saturated rings. The monoisotopic (exact) mass is 249 g/mol. The summed E-state index contributed by atoms with van der Waals surface area (Å²) in [5.74, 6) is -4.04. The molecule has 0 aliphatic carbocycles. The van der Waals surface area contributed by atoms with Crippen LogP contribution >= 0.6 is 0 Å². The Balaban J connectivity index is 2.66. The normalized spacial score (nSPS) is 12.4. The van der Waals surface area contributed by atoms with Gasteiger partial charge in [0.25, 0.3) is 0 Å². The number of hydrogen-bond acceptors (Lipinski definition) is 2. The average molecular weight is 249 g/mol. The van der Waals surface area contributed by atoms with Crippen molar-refractivity contribution >= 4 is 6.21 Å². The van der Waals surface area contributed by atoms with E-state index in [2.05, 4.69) is 9.73 Å². The van der Waals surface area contributed by atoms with Crippen LogP contribution in [0.3, 0.4) is 0 Å². The van der Waals surface area contributed by atoms with E-state index in [9.17, 15) is 17.6 Å². The highest BCUT2D eigenvalue weighted by molar-refractivity contribution is 5.80. The van der Waals surface area contributed by atoms with Crippen molar-refractivity contribution < 1.29 is 22.3 Å². The summed E-state index contributed by atoms with van der Waals surface area (Å²) >= 11 is 0. The van der Waals surface area contributed by atoms with Gasteiger partial charge in [0.1, 0.15) is 5.75 Å². The summed E-state index contributed by atoms with van der Waals surface area (Å²) < 4.78 is 53.5. The van der Waals surface area contributed by atoms with E-state index in [1.54, 1.807) is 19.2 Å². The van der Waals surface area contributed by atoms with Gasteiger partial charge in [0.05, 0.1) is 0 Å². The van der Waals surface area contributed by atoms with Gasteiger partial charge in [-0.05, 0) is 17.7 Å². The minimum Gasteiger partial charge on any atom is -0.487 e. The van der Waals surface area contributed by atoms with Crippen LogP contribution in [0.15, 0.2) is 29.3 Å². The van der Waals surface area contributed by atoms with Crippen molar-refractivity contribution in [1.82, 2.24) is 0 Å². The number of nitrogens with zero attached hydrogens (tertiary/aromatic N) is 1.